The van der Waals surface area contributed by atoms with Crippen LogP contribution in [-0.4, -0.2) is 29.1 Å². The average molecular weight is 421 g/mol. The number of aromatic nitrogens is 5. The van der Waals surface area contributed by atoms with Crippen molar-refractivity contribution in [3.63, 3.8) is 0 Å². The molecule has 0 N–H and O–H groups in total. The van der Waals surface area contributed by atoms with Crippen molar-refractivity contribution in [3.05, 3.63) is 80.8 Å². The van der Waals surface area contributed by atoms with Crippen molar-refractivity contribution in [2.75, 3.05) is 0 Å². The normalized spacial score (nSPS) is 11.3. The second-order valence-electron chi connectivity index (χ2n) is 7.37. The van der Waals surface area contributed by atoms with E-state index in [0.717, 1.165) is 21.5 Å². The zero-order chi connectivity index (χ0) is 22.3. The van der Waals surface area contributed by atoms with E-state index in [1.54, 1.807) is 10.5 Å². The number of nitrogens with zero attached hydrogens (tertiary/aromatic N) is 5. The zero-order valence-electron chi connectivity index (χ0n) is 17.7. The van der Waals surface area contributed by atoms with Gasteiger partial charge in [0.15, 0.2) is 11.2 Å². The fourth-order valence-corrected chi connectivity index (χ4v) is 3.71. The predicted molar refractivity (Wildman–Crippen MR) is 116 cm³/mol. The highest BCUT2D eigenvalue weighted by Crippen LogP contribution is 2.20. The van der Waals surface area contributed by atoms with Crippen LogP contribution in [0.25, 0.3) is 16.9 Å². The Bertz CT molecular complexity index is 1440. The highest BCUT2D eigenvalue weighted by molar-refractivity contribution is 5.77. The molecule has 3 aromatic heterocycles. The first-order chi connectivity index (χ1) is 14.8. The number of rotatable bonds is 6. The van der Waals surface area contributed by atoms with Crippen LogP contribution in [0.4, 0.5) is 0 Å². The van der Waals surface area contributed by atoms with Gasteiger partial charge < -0.3 is 9.30 Å². The third-order valence-corrected chi connectivity index (χ3v) is 5.47. The van der Waals surface area contributed by atoms with Gasteiger partial charge in [-0.2, -0.15) is 4.98 Å². The van der Waals surface area contributed by atoms with Crippen molar-refractivity contribution in [3.8, 4) is 0 Å². The number of hydrogen-bond acceptors (Lipinski definition) is 5. The summed E-state index contributed by atoms with van der Waals surface area (Å²) in [5.74, 6) is -0.123. The maximum Gasteiger partial charge on any atom is 0.333 e. The van der Waals surface area contributed by atoms with Gasteiger partial charge in [0.1, 0.15) is 13.2 Å². The van der Waals surface area contributed by atoms with Gasteiger partial charge in [-0.1, -0.05) is 36.4 Å². The maximum atomic E-state index is 13.3. The Morgan fingerprint density at radius 1 is 1.13 bits per heavy atom. The van der Waals surface area contributed by atoms with Crippen LogP contribution in [0.1, 0.15) is 17.0 Å². The van der Waals surface area contributed by atoms with Crippen molar-refractivity contribution in [1.29, 1.82) is 0 Å². The molecule has 3 heterocycles. The quantitative estimate of drug-likeness (QED) is 0.349. The largest absolute Gasteiger partial charge is 0.459 e. The summed E-state index contributed by atoms with van der Waals surface area (Å²) in [6.45, 7) is 7.69. The molecule has 31 heavy (non-hydrogen) atoms. The van der Waals surface area contributed by atoms with E-state index >= 15 is 0 Å². The Labute approximate surface area is 177 Å². The lowest BCUT2D eigenvalue weighted by molar-refractivity contribution is -0.145. The summed E-state index contributed by atoms with van der Waals surface area (Å²) in [5.41, 5.74) is 1.88. The standard InChI is InChI=1S/C22H23N5O4/c1-5-11-25-14(2)15(3)27-18-19(23-21(25)27)24(4)22(30)26(20(18)29)12-17(28)31-13-16-9-7-6-8-10-16/h5-10H,1,11-13H2,2-4H3. The molecule has 160 valence electrons. The van der Waals surface area contributed by atoms with E-state index in [-0.39, 0.29) is 17.8 Å². The number of carbonyl (C=O) groups is 1. The molecule has 0 fully saturated rings. The molecule has 0 atom stereocenters. The molecule has 9 nitrogen and oxygen atoms in total. The second kappa shape index (κ2) is 7.75. The minimum Gasteiger partial charge on any atom is -0.459 e. The summed E-state index contributed by atoms with van der Waals surface area (Å²) in [4.78, 5) is 43.0. The zero-order valence-corrected chi connectivity index (χ0v) is 17.7. The molecule has 0 saturated carbocycles. The smallest absolute Gasteiger partial charge is 0.333 e. The first-order valence-corrected chi connectivity index (χ1v) is 9.83. The number of hydrogen-bond donors (Lipinski definition) is 0. The highest BCUT2D eigenvalue weighted by atomic mass is 16.5. The minimum absolute atomic E-state index is 0.0661. The summed E-state index contributed by atoms with van der Waals surface area (Å²) in [6.07, 6.45) is 1.74. The van der Waals surface area contributed by atoms with Crippen LogP contribution < -0.4 is 11.2 Å². The Morgan fingerprint density at radius 2 is 1.84 bits per heavy atom. The molecule has 0 saturated heterocycles. The molecule has 0 aliphatic heterocycles. The number of benzene rings is 1. The summed E-state index contributed by atoms with van der Waals surface area (Å²) in [7, 11) is 1.53. The lowest BCUT2D eigenvalue weighted by Gasteiger charge is -2.09. The molecular formula is C22H23N5O4. The topological polar surface area (TPSA) is 92.5 Å². The van der Waals surface area contributed by atoms with E-state index in [9.17, 15) is 14.4 Å². The molecule has 9 heteroatoms. The molecule has 1 aromatic carbocycles. The van der Waals surface area contributed by atoms with Crippen LogP contribution in [0, 0.1) is 13.8 Å². The van der Waals surface area contributed by atoms with Gasteiger partial charge in [-0.3, -0.25) is 18.6 Å². The van der Waals surface area contributed by atoms with Crippen molar-refractivity contribution in [2.24, 2.45) is 7.05 Å². The molecule has 0 spiro atoms. The molecule has 4 rings (SSSR count). The maximum absolute atomic E-state index is 13.3. The predicted octanol–water partition coefficient (Wildman–Crippen LogP) is 1.70. The van der Waals surface area contributed by atoms with Gasteiger partial charge in [-0.15, -0.1) is 6.58 Å². The fourth-order valence-electron chi connectivity index (χ4n) is 3.71. The van der Waals surface area contributed by atoms with Crippen LogP contribution in [0.5, 0.6) is 0 Å². The summed E-state index contributed by atoms with van der Waals surface area (Å²) in [6, 6.07) is 9.19. The van der Waals surface area contributed by atoms with E-state index in [1.807, 2.05) is 48.7 Å². The molecule has 4 aromatic rings. The highest BCUT2D eigenvalue weighted by Gasteiger charge is 2.23. The molecule has 0 radical (unpaired) electrons. The number of aryl methyl sites for hydroxylation is 2. The number of fused-ring (bicyclic) bond motifs is 3. The van der Waals surface area contributed by atoms with Gasteiger partial charge in [0, 0.05) is 25.0 Å². The molecule has 0 aliphatic rings. The minimum atomic E-state index is -0.666. The van der Waals surface area contributed by atoms with Crippen LogP contribution in [0.15, 0.2) is 52.6 Å². The first kappa shape index (κ1) is 20.4. The third-order valence-electron chi connectivity index (χ3n) is 5.47. The molecule has 0 unspecified atom stereocenters. The lowest BCUT2D eigenvalue weighted by atomic mass is 10.2. The fraction of sp³-hybridized carbons (Fsp3) is 0.273. The summed E-state index contributed by atoms with van der Waals surface area (Å²) in [5, 5.41) is 0. The van der Waals surface area contributed by atoms with E-state index in [1.165, 1.54) is 11.6 Å². The number of imidazole rings is 2. The van der Waals surface area contributed by atoms with Crippen LogP contribution >= 0.6 is 0 Å². The molecule has 0 aliphatic carbocycles. The van der Waals surface area contributed by atoms with Gasteiger partial charge in [-0.05, 0) is 19.4 Å². The van der Waals surface area contributed by atoms with Gasteiger partial charge >= 0.3 is 11.7 Å². The van der Waals surface area contributed by atoms with Gasteiger partial charge in [-0.25, -0.2) is 9.36 Å². The molecular weight excluding hydrogens is 398 g/mol. The van der Waals surface area contributed by atoms with Crippen molar-refractivity contribution in [2.45, 2.75) is 33.5 Å². The number of allylic oxidation sites excluding steroid dienone is 1. The van der Waals surface area contributed by atoms with Crippen LogP contribution in [-0.2, 0) is 36.3 Å². The van der Waals surface area contributed by atoms with Crippen LogP contribution in [0.3, 0.4) is 0 Å². The monoisotopic (exact) mass is 421 g/mol. The Hall–Kier alpha value is -3.88. The number of esters is 1. The number of ether oxygens (including phenoxy) is 1. The third kappa shape index (κ3) is 3.27. The Morgan fingerprint density at radius 3 is 2.52 bits per heavy atom. The molecule has 0 amide bonds. The van der Waals surface area contributed by atoms with E-state index in [4.69, 9.17) is 4.74 Å². The van der Waals surface area contributed by atoms with Crippen molar-refractivity contribution < 1.29 is 9.53 Å². The summed E-state index contributed by atoms with van der Waals surface area (Å²) < 4.78 is 11.1. The average Bonchev–Trinajstić information content (AvgIpc) is 3.26. The summed E-state index contributed by atoms with van der Waals surface area (Å²) >= 11 is 0. The van der Waals surface area contributed by atoms with Crippen LogP contribution in [0.2, 0.25) is 0 Å². The second-order valence-corrected chi connectivity index (χ2v) is 7.37. The molecule has 0 bridgehead atoms. The lowest BCUT2D eigenvalue weighted by Crippen LogP contribution is -2.41. The van der Waals surface area contributed by atoms with Crippen molar-refractivity contribution >= 4 is 22.9 Å². The van der Waals surface area contributed by atoms with Gasteiger partial charge in [0.25, 0.3) is 5.56 Å². The van der Waals surface area contributed by atoms with Gasteiger partial charge in [0.05, 0.1) is 0 Å². The number of carbonyl (C=O) groups excluding carboxylic acids is 1. The van der Waals surface area contributed by atoms with E-state index < -0.39 is 23.8 Å². The first-order valence-electron chi connectivity index (χ1n) is 9.83. The Balaban J connectivity index is 1.79. The van der Waals surface area contributed by atoms with E-state index in [2.05, 4.69) is 11.6 Å². The SMILES string of the molecule is C=CCn1c(C)c(C)n2c3c(=O)n(CC(=O)OCc4ccccc4)c(=O)n(C)c3nc12. The van der Waals surface area contributed by atoms with Gasteiger partial charge in [0.2, 0.25) is 5.78 Å². The Kier molecular flexibility index (Phi) is 5.10. The van der Waals surface area contributed by atoms with E-state index in [0.29, 0.717) is 12.3 Å². The van der Waals surface area contributed by atoms with Crippen molar-refractivity contribution in [1.82, 2.24) is 23.1 Å².